The third-order valence-electron chi connectivity index (χ3n) is 8.37. The van der Waals surface area contributed by atoms with E-state index in [1.807, 2.05) is 13.8 Å². The molecule has 12 N–H and O–H groups in total. The molecule has 6 atom stereocenters. The molecule has 0 aliphatic carbocycles. The summed E-state index contributed by atoms with van der Waals surface area (Å²) in [7, 11) is 0. The van der Waals surface area contributed by atoms with E-state index in [9.17, 15) is 38.7 Å². The van der Waals surface area contributed by atoms with E-state index in [-0.39, 0.29) is 57.2 Å². The molecule has 0 saturated carbocycles. The third kappa shape index (κ3) is 12.0. The van der Waals surface area contributed by atoms with Crippen molar-refractivity contribution in [3.63, 3.8) is 0 Å². The van der Waals surface area contributed by atoms with Gasteiger partial charge in [-0.2, -0.15) is 0 Å². The van der Waals surface area contributed by atoms with E-state index >= 15 is 0 Å². The molecule has 6 amide bonds. The van der Waals surface area contributed by atoms with Crippen LogP contribution in [0.25, 0.3) is 0 Å². The molecule has 2 aliphatic heterocycles. The standard InChI is InChI=1S/C30H52N10O8/c1-16(2)15-20(38-24(42)17(3)36-25(43)18(31)10-11-23(32)41)27(45)40-14-6-9-22(40)28(46)39-13-5-8-21(39)26(44)37-19(29(47)48)7-4-12-35-30(33)34/h16-22H,4-15,31H2,1-3H3,(H2,32,41)(H,36,43)(H,37,44)(H,38,42)(H,47,48)(H4,33,34,35)/t17-,18-,19-,20-,21-,22-/m0/s1. The lowest BCUT2D eigenvalue weighted by atomic mass is 10.0. The van der Waals surface area contributed by atoms with Crippen molar-refractivity contribution in [1.82, 2.24) is 31.1 Å². The summed E-state index contributed by atoms with van der Waals surface area (Å²) in [5.41, 5.74) is 16.1. The van der Waals surface area contributed by atoms with Crippen LogP contribution in [-0.2, 0) is 33.6 Å². The number of carboxylic acid groups (broad SMARTS) is 1. The van der Waals surface area contributed by atoms with Crippen LogP contribution in [0.1, 0.15) is 78.6 Å². The van der Waals surface area contributed by atoms with Gasteiger partial charge in [0.05, 0.1) is 6.04 Å². The van der Waals surface area contributed by atoms with Gasteiger partial charge in [-0.3, -0.25) is 34.2 Å². The summed E-state index contributed by atoms with van der Waals surface area (Å²) < 4.78 is 0. The van der Waals surface area contributed by atoms with Crippen LogP contribution >= 0.6 is 0 Å². The SMILES string of the molecule is CC(C)C[C@H](NC(=O)[C@H](C)NC(=O)[C@@H](N)CCC(N)=O)C(=O)N1CCC[C@H]1C(=O)N1CCC[C@H]1C(=O)N[C@@H](CCCNC(=N)N)C(=O)O. The van der Waals surface area contributed by atoms with Crippen LogP contribution in [0.2, 0.25) is 0 Å². The minimum absolute atomic E-state index is 0.00789. The molecule has 0 radical (unpaired) electrons. The van der Waals surface area contributed by atoms with Crippen molar-refractivity contribution in [3.8, 4) is 0 Å². The second-order valence-corrected chi connectivity index (χ2v) is 12.8. The van der Waals surface area contributed by atoms with Crippen molar-refractivity contribution in [2.75, 3.05) is 19.6 Å². The minimum atomic E-state index is -1.23. The Balaban J connectivity index is 2.09. The van der Waals surface area contributed by atoms with Gasteiger partial charge in [-0.15, -0.1) is 0 Å². The highest BCUT2D eigenvalue weighted by molar-refractivity contribution is 5.97. The number of guanidine groups is 1. The van der Waals surface area contributed by atoms with Gasteiger partial charge in [0.1, 0.15) is 30.2 Å². The predicted octanol–water partition coefficient (Wildman–Crippen LogP) is -2.57. The maximum absolute atomic E-state index is 13.9. The molecule has 2 heterocycles. The number of carboxylic acids is 1. The number of primary amides is 1. The van der Waals surface area contributed by atoms with E-state index < -0.39 is 77.7 Å². The molecule has 2 saturated heterocycles. The summed E-state index contributed by atoms with van der Waals surface area (Å²) in [5.74, 6) is -4.87. The number of amides is 6. The van der Waals surface area contributed by atoms with Gasteiger partial charge < -0.3 is 53.4 Å². The fourth-order valence-corrected chi connectivity index (χ4v) is 5.84. The maximum atomic E-state index is 13.9. The normalized spacial score (nSPS) is 19.9. The molecule has 0 spiro atoms. The van der Waals surface area contributed by atoms with E-state index in [4.69, 9.17) is 22.6 Å². The van der Waals surface area contributed by atoms with E-state index in [1.165, 1.54) is 16.7 Å². The molecule has 0 unspecified atom stereocenters. The lowest BCUT2D eigenvalue weighted by Gasteiger charge is -2.33. The van der Waals surface area contributed by atoms with Gasteiger partial charge >= 0.3 is 5.97 Å². The Morgan fingerprint density at radius 3 is 2.06 bits per heavy atom. The first-order valence-electron chi connectivity index (χ1n) is 16.4. The molecule has 0 bridgehead atoms. The number of nitrogens with zero attached hydrogens (tertiary/aromatic N) is 2. The van der Waals surface area contributed by atoms with Gasteiger partial charge in [-0.1, -0.05) is 13.8 Å². The van der Waals surface area contributed by atoms with Crippen LogP contribution in [0.5, 0.6) is 0 Å². The van der Waals surface area contributed by atoms with Crippen molar-refractivity contribution in [3.05, 3.63) is 0 Å². The van der Waals surface area contributed by atoms with E-state index in [2.05, 4.69) is 21.3 Å². The Hall–Kier alpha value is -4.48. The zero-order chi connectivity index (χ0) is 36.1. The summed E-state index contributed by atoms with van der Waals surface area (Å²) >= 11 is 0. The second kappa shape index (κ2) is 18.8. The molecular formula is C30H52N10O8. The third-order valence-corrected chi connectivity index (χ3v) is 8.37. The van der Waals surface area contributed by atoms with Gasteiger partial charge in [0.25, 0.3) is 0 Å². The average molecular weight is 681 g/mol. The van der Waals surface area contributed by atoms with Crippen LogP contribution < -0.4 is 38.5 Å². The molecule has 18 heteroatoms. The van der Waals surface area contributed by atoms with Crippen molar-refractivity contribution >= 4 is 47.4 Å². The van der Waals surface area contributed by atoms with Crippen LogP contribution in [0.4, 0.5) is 0 Å². The van der Waals surface area contributed by atoms with Gasteiger partial charge in [-0.05, 0) is 64.2 Å². The Morgan fingerprint density at radius 2 is 1.48 bits per heavy atom. The lowest BCUT2D eigenvalue weighted by molar-refractivity contribution is -0.149. The highest BCUT2D eigenvalue weighted by atomic mass is 16.4. The van der Waals surface area contributed by atoms with E-state index in [1.54, 1.807) is 0 Å². The highest BCUT2D eigenvalue weighted by Crippen LogP contribution is 2.26. The Bertz CT molecular complexity index is 1210. The molecule has 0 aromatic carbocycles. The molecule has 0 aromatic heterocycles. The fourth-order valence-electron chi connectivity index (χ4n) is 5.84. The van der Waals surface area contributed by atoms with Crippen LogP contribution in [0.15, 0.2) is 0 Å². The molecule has 270 valence electrons. The van der Waals surface area contributed by atoms with Gasteiger partial charge in [0.15, 0.2) is 5.96 Å². The molecule has 2 fully saturated rings. The number of nitrogens with two attached hydrogens (primary N) is 3. The lowest BCUT2D eigenvalue weighted by Crippen LogP contribution is -2.58. The first-order valence-corrected chi connectivity index (χ1v) is 16.4. The van der Waals surface area contributed by atoms with Crippen molar-refractivity contribution in [2.45, 2.75) is 115 Å². The molecule has 2 rings (SSSR count). The number of hydrogen-bond acceptors (Lipinski definition) is 9. The Kier molecular flexibility index (Phi) is 15.5. The summed E-state index contributed by atoms with van der Waals surface area (Å²) in [6, 6.07) is -6.09. The summed E-state index contributed by atoms with van der Waals surface area (Å²) in [6.07, 6.45) is 2.32. The van der Waals surface area contributed by atoms with E-state index in [0.29, 0.717) is 32.1 Å². The number of rotatable bonds is 18. The molecule has 0 aromatic rings. The smallest absolute Gasteiger partial charge is 0.326 e. The zero-order valence-electron chi connectivity index (χ0n) is 28.0. The summed E-state index contributed by atoms with van der Waals surface area (Å²) in [6.45, 7) is 5.97. The first kappa shape index (κ1) is 39.7. The summed E-state index contributed by atoms with van der Waals surface area (Å²) in [5, 5.41) is 27.1. The monoisotopic (exact) mass is 680 g/mol. The van der Waals surface area contributed by atoms with Crippen molar-refractivity contribution < 1.29 is 38.7 Å². The van der Waals surface area contributed by atoms with Crippen LogP contribution in [-0.4, -0.2) is 118 Å². The zero-order valence-corrected chi connectivity index (χ0v) is 28.0. The van der Waals surface area contributed by atoms with Crippen LogP contribution in [0, 0.1) is 11.3 Å². The number of aliphatic carboxylic acids is 1. The predicted molar refractivity (Wildman–Crippen MR) is 174 cm³/mol. The maximum Gasteiger partial charge on any atom is 0.326 e. The van der Waals surface area contributed by atoms with Gasteiger partial charge in [0.2, 0.25) is 35.4 Å². The minimum Gasteiger partial charge on any atom is -0.480 e. The number of carbonyl (C=O) groups is 7. The topological polar surface area (TPSA) is 296 Å². The molecule has 48 heavy (non-hydrogen) atoms. The molecule has 18 nitrogen and oxygen atoms in total. The number of carbonyl (C=O) groups excluding carboxylic acids is 6. The Labute approximate surface area is 280 Å². The fraction of sp³-hybridized carbons (Fsp3) is 0.733. The molecule has 2 aliphatic rings. The molecular weight excluding hydrogens is 628 g/mol. The first-order chi connectivity index (χ1) is 22.5. The number of hydrogen-bond donors (Lipinski definition) is 9. The quantitative estimate of drug-likeness (QED) is 0.0412. The number of nitrogens with one attached hydrogen (secondary N) is 5. The average Bonchev–Trinajstić information content (AvgIpc) is 3.70. The van der Waals surface area contributed by atoms with Gasteiger partial charge in [-0.25, -0.2) is 4.79 Å². The van der Waals surface area contributed by atoms with Crippen molar-refractivity contribution in [1.29, 1.82) is 5.41 Å². The van der Waals surface area contributed by atoms with E-state index in [0.717, 1.165) is 0 Å². The van der Waals surface area contributed by atoms with Crippen molar-refractivity contribution in [2.24, 2.45) is 23.1 Å². The summed E-state index contributed by atoms with van der Waals surface area (Å²) in [4.78, 5) is 92.1. The van der Waals surface area contributed by atoms with Gasteiger partial charge in [0, 0.05) is 26.1 Å². The number of likely N-dealkylation sites (tertiary alicyclic amines) is 2. The second-order valence-electron chi connectivity index (χ2n) is 12.8. The van der Waals surface area contributed by atoms with Crippen LogP contribution in [0.3, 0.4) is 0 Å². The highest BCUT2D eigenvalue weighted by Gasteiger charge is 2.44. The Morgan fingerprint density at radius 1 is 0.854 bits per heavy atom. The largest absolute Gasteiger partial charge is 0.480 e.